The molecule has 6 heteroatoms. The maximum Gasteiger partial charge on any atom is 0.309 e. The Balaban J connectivity index is 2.02. The lowest BCUT2D eigenvalue weighted by Gasteiger charge is -2.47. The van der Waals surface area contributed by atoms with E-state index in [1.165, 1.54) is 0 Å². The molecule has 1 aliphatic heterocycles. The van der Waals surface area contributed by atoms with Gasteiger partial charge in [-0.05, 0) is 76.8 Å². The molecule has 0 aliphatic carbocycles. The van der Waals surface area contributed by atoms with Crippen LogP contribution in [0.1, 0.15) is 74.6 Å². The fourth-order valence-electron chi connectivity index (χ4n) is 5.54. The van der Waals surface area contributed by atoms with Gasteiger partial charge in [0.2, 0.25) is 0 Å². The van der Waals surface area contributed by atoms with E-state index in [-0.39, 0.29) is 11.9 Å². The van der Waals surface area contributed by atoms with Gasteiger partial charge in [0.15, 0.2) is 0 Å². The fraction of sp³-hybridized carbons (Fsp3) is 0.500. The molecule has 2 aromatic rings. The summed E-state index contributed by atoms with van der Waals surface area (Å²) in [6.45, 7) is 20.1. The van der Waals surface area contributed by atoms with Crippen LogP contribution < -0.4 is 0 Å². The number of rotatable bonds is 11. The summed E-state index contributed by atoms with van der Waals surface area (Å²) < 4.78 is 0. The number of piperazine rings is 1. The SMILES string of the molecule is C=CCN1C[C@@H](C)N([C@H](c2ccc(C(=O)N(CC)CC)cc2)c2cccc(CC(C)(C)C(=O)O)c2)C[C@@H]1C. The normalized spacial score (nSPS) is 19.6. The molecule has 6 nitrogen and oxygen atoms in total. The molecule has 2 aromatic carbocycles. The lowest BCUT2D eigenvalue weighted by molar-refractivity contribution is -0.146. The van der Waals surface area contributed by atoms with Crippen LogP contribution in [0, 0.1) is 5.41 Å². The molecule has 38 heavy (non-hydrogen) atoms. The fourth-order valence-corrected chi connectivity index (χ4v) is 5.54. The third-order valence-corrected chi connectivity index (χ3v) is 7.87. The van der Waals surface area contributed by atoms with E-state index in [1.54, 1.807) is 13.8 Å². The zero-order valence-electron chi connectivity index (χ0n) is 24.0. The number of benzene rings is 2. The number of carboxylic acid groups (broad SMARTS) is 1. The average Bonchev–Trinajstić information content (AvgIpc) is 2.88. The van der Waals surface area contributed by atoms with Crippen LogP contribution in [0.15, 0.2) is 61.2 Å². The number of hydrogen-bond acceptors (Lipinski definition) is 4. The van der Waals surface area contributed by atoms with Crippen molar-refractivity contribution in [2.24, 2.45) is 5.41 Å². The Morgan fingerprint density at radius 3 is 2.29 bits per heavy atom. The van der Waals surface area contributed by atoms with Gasteiger partial charge in [0.1, 0.15) is 0 Å². The summed E-state index contributed by atoms with van der Waals surface area (Å²) in [7, 11) is 0. The minimum Gasteiger partial charge on any atom is -0.481 e. The number of amides is 1. The molecule has 1 saturated heterocycles. The van der Waals surface area contributed by atoms with Gasteiger partial charge in [-0.2, -0.15) is 0 Å². The van der Waals surface area contributed by atoms with Crippen LogP contribution in [-0.2, 0) is 11.2 Å². The van der Waals surface area contributed by atoms with Crippen LogP contribution in [0.4, 0.5) is 0 Å². The van der Waals surface area contributed by atoms with Crippen molar-refractivity contribution in [3.63, 3.8) is 0 Å². The van der Waals surface area contributed by atoms with Crippen molar-refractivity contribution in [3.8, 4) is 0 Å². The summed E-state index contributed by atoms with van der Waals surface area (Å²) in [5, 5.41) is 9.69. The van der Waals surface area contributed by atoms with Gasteiger partial charge in [-0.25, -0.2) is 0 Å². The van der Waals surface area contributed by atoms with E-state index in [1.807, 2.05) is 49.1 Å². The van der Waals surface area contributed by atoms with Crippen molar-refractivity contribution in [1.82, 2.24) is 14.7 Å². The second kappa shape index (κ2) is 12.7. The predicted molar refractivity (Wildman–Crippen MR) is 154 cm³/mol. The van der Waals surface area contributed by atoms with Gasteiger partial charge >= 0.3 is 5.97 Å². The van der Waals surface area contributed by atoms with E-state index < -0.39 is 11.4 Å². The van der Waals surface area contributed by atoms with Crippen LogP contribution in [-0.4, -0.2) is 76.5 Å². The molecule has 1 fully saturated rings. The monoisotopic (exact) mass is 519 g/mol. The minimum atomic E-state index is -0.849. The zero-order chi connectivity index (χ0) is 28.0. The number of carbonyl (C=O) groups is 2. The van der Waals surface area contributed by atoms with Crippen LogP contribution in [0.5, 0.6) is 0 Å². The van der Waals surface area contributed by atoms with Crippen molar-refractivity contribution in [3.05, 3.63) is 83.4 Å². The maximum absolute atomic E-state index is 12.9. The molecule has 3 atom stereocenters. The van der Waals surface area contributed by atoms with E-state index in [4.69, 9.17) is 0 Å². The Morgan fingerprint density at radius 2 is 1.71 bits per heavy atom. The molecule has 0 bridgehead atoms. The summed E-state index contributed by atoms with van der Waals surface area (Å²) in [4.78, 5) is 31.6. The molecule has 1 heterocycles. The Labute approximate surface area is 228 Å². The standard InChI is InChI=1S/C32H45N3O3/c1-8-18-34-21-24(5)35(22-23(34)4)29(26-14-16-27(17-15-26)30(36)33(9-2)10-3)28-13-11-12-25(19-28)20-32(6,7)31(37)38/h8,11-17,19,23-24,29H,1,9-10,18,20-22H2,2-7H3,(H,37,38)/t23-,24+,29+/m0/s1. The summed E-state index contributed by atoms with van der Waals surface area (Å²) >= 11 is 0. The third-order valence-electron chi connectivity index (χ3n) is 7.87. The highest BCUT2D eigenvalue weighted by atomic mass is 16.4. The molecule has 0 saturated carbocycles. The van der Waals surface area contributed by atoms with Crippen molar-refractivity contribution in [2.75, 3.05) is 32.7 Å². The molecule has 0 aromatic heterocycles. The van der Waals surface area contributed by atoms with Gasteiger partial charge in [0.05, 0.1) is 11.5 Å². The molecule has 1 amide bonds. The predicted octanol–water partition coefficient (Wildman–Crippen LogP) is 5.49. The Morgan fingerprint density at radius 1 is 1.05 bits per heavy atom. The quantitative estimate of drug-likeness (QED) is 0.398. The molecular formula is C32H45N3O3. The Bertz CT molecular complexity index is 1110. The summed E-state index contributed by atoms with van der Waals surface area (Å²) in [6, 6.07) is 17.1. The van der Waals surface area contributed by atoms with E-state index in [2.05, 4.69) is 54.5 Å². The van der Waals surface area contributed by atoms with Crippen LogP contribution >= 0.6 is 0 Å². The number of carbonyl (C=O) groups excluding carboxylic acids is 1. The number of nitrogens with zero attached hydrogens (tertiary/aromatic N) is 3. The van der Waals surface area contributed by atoms with Crippen LogP contribution in [0.25, 0.3) is 0 Å². The molecule has 1 aliphatic rings. The molecular weight excluding hydrogens is 474 g/mol. The largest absolute Gasteiger partial charge is 0.481 e. The zero-order valence-corrected chi connectivity index (χ0v) is 24.0. The minimum absolute atomic E-state index is 0.0103. The Hall–Kier alpha value is -2.96. The smallest absolute Gasteiger partial charge is 0.309 e. The van der Waals surface area contributed by atoms with E-state index in [0.29, 0.717) is 37.2 Å². The first-order valence-corrected chi connectivity index (χ1v) is 13.8. The van der Waals surface area contributed by atoms with Crippen LogP contribution in [0.2, 0.25) is 0 Å². The first-order chi connectivity index (χ1) is 18.0. The summed E-state index contributed by atoms with van der Waals surface area (Å²) in [5.74, 6) is -0.746. The van der Waals surface area contributed by atoms with E-state index in [9.17, 15) is 14.7 Å². The first-order valence-electron chi connectivity index (χ1n) is 13.8. The Kier molecular flexibility index (Phi) is 9.91. The lowest BCUT2D eigenvalue weighted by atomic mass is 9.84. The van der Waals surface area contributed by atoms with Crippen molar-refractivity contribution >= 4 is 11.9 Å². The van der Waals surface area contributed by atoms with Crippen molar-refractivity contribution in [2.45, 2.75) is 66.1 Å². The van der Waals surface area contributed by atoms with Gasteiger partial charge < -0.3 is 10.0 Å². The molecule has 0 spiro atoms. The van der Waals surface area contributed by atoms with Gasteiger partial charge in [-0.15, -0.1) is 6.58 Å². The first kappa shape index (κ1) is 29.6. The highest BCUT2D eigenvalue weighted by Gasteiger charge is 2.35. The van der Waals surface area contributed by atoms with Gasteiger partial charge in [-0.3, -0.25) is 19.4 Å². The van der Waals surface area contributed by atoms with Gasteiger partial charge in [0.25, 0.3) is 5.91 Å². The van der Waals surface area contributed by atoms with E-state index >= 15 is 0 Å². The lowest BCUT2D eigenvalue weighted by Crippen LogP contribution is -2.57. The second-order valence-corrected chi connectivity index (χ2v) is 11.3. The number of aliphatic carboxylic acids is 1. The topological polar surface area (TPSA) is 64.1 Å². The number of hydrogen-bond donors (Lipinski definition) is 1. The summed E-state index contributed by atoms with van der Waals surface area (Å²) in [6.07, 6.45) is 2.43. The molecule has 3 rings (SSSR count). The highest BCUT2D eigenvalue weighted by Crippen LogP contribution is 2.35. The van der Waals surface area contributed by atoms with Gasteiger partial charge in [-0.1, -0.05) is 42.5 Å². The van der Waals surface area contributed by atoms with Gasteiger partial charge in [0, 0.05) is 50.4 Å². The second-order valence-electron chi connectivity index (χ2n) is 11.3. The van der Waals surface area contributed by atoms with Crippen molar-refractivity contribution in [1.29, 1.82) is 0 Å². The van der Waals surface area contributed by atoms with E-state index in [0.717, 1.165) is 36.3 Å². The third kappa shape index (κ3) is 6.72. The highest BCUT2D eigenvalue weighted by molar-refractivity contribution is 5.94. The average molecular weight is 520 g/mol. The van der Waals surface area contributed by atoms with Crippen LogP contribution in [0.3, 0.4) is 0 Å². The number of carboxylic acids is 1. The molecule has 0 unspecified atom stereocenters. The maximum atomic E-state index is 12.9. The van der Waals surface area contributed by atoms with Crippen molar-refractivity contribution < 1.29 is 14.7 Å². The molecule has 206 valence electrons. The molecule has 0 radical (unpaired) electrons. The summed E-state index contributed by atoms with van der Waals surface area (Å²) in [5.41, 5.74) is 3.14. The molecule has 1 N–H and O–H groups in total.